The molecule has 2 rings (SSSR count). The molecule has 2 aromatic rings. The molecule has 0 saturated heterocycles. The number of carbonyl (C=O) groups is 1. The number of hydrogen-bond donors (Lipinski definition) is 0. The van der Waals surface area contributed by atoms with Crippen molar-refractivity contribution in [2.24, 2.45) is 0 Å². The summed E-state index contributed by atoms with van der Waals surface area (Å²) < 4.78 is 54.5. The molecule has 152 valence electrons. The second kappa shape index (κ2) is 9.34. The molecule has 0 fully saturated rings. The van der Waals surface area contributed by atoms with Gasteiger partial charge in [-0.05, 0) is 41.8 Å². The van der Waals surface area contributed by atoms with Crippen molar-refractivity contribution in [3.8, 4) is 17.2 Å². The number of methoxy groups -OCH3 is 3. The third kappa shape index (κ3) is 5.55. The van der Waals surface area contributed by atoms with Gasteiger partial charge in [-0.25, -0.2) is 0 Å². The average Bonchev–Trinajstić information content (AvgIpc) is 2.70. The van der Waals surface area contributed by atoms with Crippen LogP contribution in [0.25, 0.3) is 0 Å². The lowest BCUT2D eigenvalue weighted by Gasteiger charge is -2.24. The molecule has 0 aromatic heterocycles. The molecule has 8 heteroatoms. The van der Waals surface area contributed by atoms with E-state index in [-0.39, 0.29) is 19.5 Å². The zero-order valence-corrected chi connectivity index (χ0v) is 15.9. The first-order valence-corrected chi connectivity index (χ1v) is 8.48. The fourth-order valence-corrected chi connectivity index (χ4v) is 2.69. The lowest BCUT2D eigenvalue weighted by Crippen LogP contribution is -2.41. The quantitative estimate of drug-likeness (QED) is 0.679. The maximum Gasteiger partial charge on any atom is 0.471 e. The monoisotopic (exact) mass is 397 g/mol. The normalized spacial score (nSPS) is 11.1. The number of carbonyl (C=O) groups excluding carboxylic acids is 1. The SMILES string of the molecule is COc1ccc(CCN(Cc2ccc(OC)c(OC)c2)C(=O)C(F)(F)F)cc1. The molecule has 28 heavy (non-hydrogen) atoms. The minimum Gasteiger partial charge on any atom is -0.497 e. The Labute approximate surface area is 161 Å². The van der Waals surface area contributed by atoms with Gasteiger partial charge in [0.25, 0.3) is 0 Å². The molecule has 0 aliphatic carbocycles. The summed E-state index contributed by atoms with van der Waals surface area (Å²) in [4.78, 5) is 12.7. The first kappa shape index (κ1) is 21.4. The van der Waals surface area contributed by atoms with E-state index < -0.39 is 12.1 Å². The standard InChI is InChI=1S/C20H22F3NO4/c1-26-16-7-4-14(5-8-16)10-11-24(19(25)20(21,22)23)13-15-6-9-17(27-2)18(12-15)28-3/h4-9,12H,10-11,13H2,1-3H3. The topological polar surface area (TPSA) is 48.0 Å². The predicted octanol–water partition coefficient (Wildman–Crippen LogP) is 3.85. The van der Waals surface area contributed by atoms with Crippen LogP contribution in [0.15, 0.2) is 42.5 Å². The van der Waals surface area contributed by atoms with Crippen LogP contribution in [0.5, 0.6) is 17.2 Å². The highest BCUT2D eigenvalue weighted by Gasteiger charge is 2.42. The molecule has 5 nitrogen and oxygen atoms in total. The van der Waals surface area contributed by atoms with Crippen LogP contribution in [-0.2, 0) is 17.8 Å². The highest BCUT2D eigenvalue weighted by Crippen LogP contribution is 2.29. The van der Waals surface area contributed by atoms with Crippen molar-refractivity contribution >= 4 is 5.91 Å². The van der Waals surface area contributed by atoms with Gasteiger partial charge in [0, 0.05) is 13.1 Å². The van der Waals surface area contributed by atoms with Crippen molar-refractivity contribution in [2.75, 3.05) is 27.9 Å². The van der Waals surface area contributed by atoms with Crippen molar-refractivity contribution in [1.82, 2.24) is 4.90 Å². The van der Waals surface area contributed by atoms with Crippen LogP contribution in [0, 0.1) is 0 Å². The third-order valence-corrected chi connectivity index (χ3v) is 4.18. The summed E-state index contributed by atoms with van der Waals surface area (Å²) in [5.41, 5.74) is 1.30. The average molecular weight is 397 g/mol. The van der Waals surface area contributed by atoms with Gasteiger partial charge < -0.3 is 19.1 Å². The Morgan fingerprint density at radius 3 is 2.04 bits per heavy atom. The first-order chi connectivity index (χ1) is 13.3. The van der Waals surface area contributed by atoms with E-state index in [1.54, 1.807) is 42.5 Å². The van der Waals surface area contributed by atoms with E-state index >= 15 is 0 Å². The summed E-state index contributed by atoms with van der Waals surface area (Å²) in [6, 6.07) is 11.7. The molecule has 0 aliphatic rings. The fourth-order valence-electron chi connectivity index (χ4n) is 2.69. The zero-order valence-electron chi connectivity index (χ0n) is 15.9. The summed E-state index contributed by atoms with van der Waals surface area (Å²) >= 11 is 0. The summed E-state index contributed by atoms with van der Waals surface area (Å²) in [5, 5.41) is 0. The number of amides is 1. The molecule has 0 atom stereocenters. The second-order valence-corrected chi connectivity index (χ2v) is 6.01. The van der Waals surface area contributed by atoms with Crippen LogP contribution < -0.4 is 14.2 Å². The minimum absolute atomic E-state index is 0.0843. The highest BCUT2D eigenvalue weighted by atomic mass is 19.4. The molecule has 0 aliphatic heterocycles. The number of ether oxygens (including phenoxy) is 3. The van der Waals surface area contributed by atoms with E-state index in [1.807, 2.05) is 0 Å². The van der Waals surface area contributed by atoms with Crippen molar-refractivity contribution in [2.45, 2.75) is 19.1 Å². The maximum atomic E-state index is 13.0. The Hall–Kier alpha value is -2.90. The lowest BCUT2D eigenvalue weighted by atomic mass is 10.1. The van der Waals surface area contributed by atoms with Crippen LogP contribution in [0.1, 0.15) is 11.1 Å². The van der Waals surface area contributed by atoms with E-state index in [9.17, 15) is 18.0 Å². The Bertz CT molecular complexity index is 791. The molecule has 1 amide bonds. The van der Waals surface area contributed by atoms with Gasteiger partial charge in [0.2, 0.25) is 0 Å². The van der Waals surface area contributed by atoms with Crippen molar-refractivity contribution in [1.29, 1.82) is 0 Å². The molecule has 0 heterocycles. The van der Waals surface area contributed by atoms with E-state index in [2.05, 4.69) is 0 Å². The largest absolute Gasteiger partial charge is 0.497 e. The van der Waals surface area contributed by atoms with Gasteiger partial charge in [-0.3, -0.25) is 4.79 Å². The van der Waals surface area contributed by atoms with Crippen molar-refractivity contribution in [3.63, 3.8) is 0 Å². The first-order valence-electron chi connectivity index (χ1n) is 8.48. The molecule has 0 bridgehead atoms. The van der Waals surface area contributed by atoms with Crippen LogP contribution in [0.3, 0.4) is 0 Å². The molecule has 0 N–H and O–H groups in total. The third-order valence-electron chi connectivity index (χ3n) is 4.18. The second-order valence-electron chi connectivity index (χ2n) is 6.01. The predicted molar refractivity (Wildman–Crippen MR) is 97.7 cm³/mol. The summed E-state index contributed by atoms with van der Waals surface area (Å²) in [7, 11) is 4.43. The molecular weight excluding hydrogens is 375 g/mol. The minimum atomic E-state index is -4.95. The van der Waals surface area contributed by atoms with Crippen LogP contribution >= 0.6 is 0 Å². The number of nitrogens with zero attached hydrogens (tertiary/aromatic N) is 1. The van der Waals surface area contributed by atoms with E-state index in [4.69, 9.17) is 14.2 Å². The zero-order chi connectivity index (χ0) is 20.7. The maximum absolute atomic E-state index is 13.0. The van der Waals surface area contributed by atoms with Crippen molar-refractivity contribution < 1.29 is 32.2 Å². The summed E-state index contributed by atoms with van der Waals surface area (Å²) in [6.45, 7) is -0.284. The molecule has 0 unspecified atom stereocenters. The smallest absolute Gasteiger partial charge is 0.471 e. The molecule has 2 aromatic carbocycles. The molecular formula is C20H22F3NO4. The van der Waals surface area contributed by atoms with Crippen LogP contribution in [0.4, 0.5) is 13.2 Å². The molecule has 0 spiro atoms. The number of benzene rings is 2. The van der Waals surface area contributed by atoms with Gasteiger partial charge in [-0.1, -0.05) is 18.2 Å². The number of rotatable bonds is 8. The fraction of sp³-hybridized carbons (Fsp3) is 0.350. The van der Waals surface area contributed by atoms with Crippen LogP contribution in [-0.4, -0.2) is 44.9 Å². The van der Waals surface area contributed by atoms with Gasteiger partial charge in [0.15, 0.2) is 11.5 Å². The Morgan fingerprint density at radius 2 is 1.50 bits per heavy atom. The van der Waals surface area contributed by atoms with Gasteiger partial charge in [-0.15, -0.1) is 0 Å². The molecule has 0 radical (unpaired) electrons. The van der Waals surface area contributed by atoms with E-state index in [1.165, 1.54) is 21.3 Å². The van der Waals surface area contributed by atoms with Crippen LogP contribution in [0.2, 0.25) is 0 Å². The molecule has 0 saturated carbocycles. The lowest BCUT2D eigenvalue weighted by molar-refractivity contribution is -0.186. The van der Waals surface area contributed by atoms with Crippen molar-refractivity contribution in [3.05, 3.63) is 53.6 Å². The Balaban J connectivity index is 2.18. The number of halogens is 3. The number of hydrogen-bond acceptors (Lipinski definition) is 4. The summed E-state index contributed by atoms with van der Waals surface area (Å²) in [6.07, 6.45) is -4.67. The van der Waals surface area contributed by atoms with Gasteiger partial charge in [0.05, 0.1) is 21.3 Å². The van der Waals surface area contributed by atoms with E-state index in [0.29, 0.717) is 22.8 Å². The Kier molecular flexibility index (Phi) is 7.14. The Morgan fingerprint density at radius 1 is 0.893 bits per heavy atom. The van der Waals surface area contributed by atoms with E-state index in [0.717, 1.165) is 10.5 Å². The van der Waals surface area contributed by atoms with Gasteiger partial charge in [-0.2, -0.15) is 13.2 Å². The number of alkyl halides is 3. The summed E-state index contributed by atoms with van der Waals surface area (Å²) in [5.74, 6) is -0.388. The van der Waals surface area contributed by atoms with Gasteiger partial charge >= 0.3 is 12.1 Å². The van der Waals surface area contributed by atoms with Gasteiger partial charge in [0.1, 0.15) is 5.75 Å². The highest BCUT2D eigenvalue weighted by molar-refractivity contribution is 5.81.